The Morgan fingerprint density at radius 3 is 2.56 bits per heavy atom. The first-order chi connectivity index (χ1) is 8.10. The molecule has 1 fully saturated rings. The Kier molecular flexibility index (Phi) is 4.99. The summed E-state index contributed by atoms with van der Waals surface area (Å²) >= 11 is 0. The van der Waals surface area contributed by atoms with Gasteiger partial charge in [0.2, 0.25) is 5.91 Å². The molecule has 4 N–H and O–H groups in total. The average Bonchev–Trinajstić information content (AvgIpc) is 2.30. The predicted molar refractivity (Wildman–Crippen MR) is 74.0 cm³/mol. The number of rotatable bonds is 2. The molecule has 0 radical (unpaired) electrons. The van der Waals surface area contributed by atoms with E-state index in [1.165, 1.54) is 6.07 Å². The summed E-state index contributed by atoms with van der Waals surface area (Å²) in [5, 5.41) is 12.1. The summed E-state index contributed by atoms with van der Waals surface area (Å²) in [4.78, 5) is 12.1. The number of halogens is 1. The van der Waals surface area contributed by atoms with E-state index < -0.39 is 5.54 Å². The highest BCUT2D eigenvalue weighted by Crippen LogP contribution is 2.27. The molecule has 1 aliphatic carbocycles. The molecular formula is C13H19ClN2O2. The molecule has 0 spiro atoms. The first-order valence-corrected chi connectivity index (χ1v) is 5.99. The number of carbonyl (C=O) groups excluding carboxylic acids is 1. The average molecular weight is 271 g/mol. The Labute approximate surface area is 113 Å². The van der Waals surface area contributed by atoms with Crippen molar-refractivity contribution < 1.29 is 9.90 Å². The van der Waals surface area contributed by atoms with E-state index in [2.05, 4.69) is 5.32 Å². The summed E-state index contributed by atoms with van der Waals surface area (Å²) in [6.45, 7) is 0. The summed E-state index contributed by atoms with van der Waals surface area (Å²) < 4.78 is 0. The molecule has 1 saturated carbocycles. The molecule has 2 rings (SSSR count). The van der Waals surface area contributed by atoms with Gasteiger partial charge in [-0.25, -0.2) is 0 Å². The van der Waals surface area contributed by atoms with Crippen molar-refractivity contribution in [2.75, 3.05) is 5.32 Å². The maximum Gasteiger partial charge on any atom is 0.244 e. The van der Waals surface area contributed by atoms with Crippen LogP contribution in [0.5, 0.6) is 5.75 Å². The Morgan fingerprint density at radius 1 is 1.28 bits per heavy atom. The summed E-state index contributed by atoms with van der Waals surface area (Å²) in [5.41, 5.74) is 5.96. The topological polar surface area (TPSA) is 75.4 Å². The molecular weight excluding hydrogens is 252 g/mol. The van der Waals surface area contributed by atoms with Gasteiger partial charge in [-0.1, -0.05) is 25.3 Å². The number of nitrogens with one attached hydrogen (secondary N) is 1. The lowest BCUT2D eigenvalue weighted by Gasteiger charge is -2.31. The van der Waals surface area contributed by atoms with Crippen molar-refractivity contribution in [2.24, 2.45) is 5.73 Å². The van der Waals surface area contributed by atoms with Crippen molar-refractivity contribution in [3.63, 3.8) is 0 Å². The second-order valence-corrected chi connectivity index (χ2v) is 4.72. The fourth-order valence-electron chi connectivity index (χ4n) is 2.25. The number of phenols is 1. The molecule has 0 heterocycles. The first-order valence-electron chi connectivity index (χ1n) is 5.99. The lowest BCUT2D eigenvalue weighted by molar-refractivity contribution is -0.122. The van der Waals surface area contributed by atoms with Gasteiger partial charge in [0, 0.05) is 11.8 Å². The van der Waals surface area contributed by atoms with Gasteiger partial charge in [0.25, 0.3) is 0 Å². The molecule has 0 atom stereocenters. The molecule has 0 saturated heterocycles. The Hall–Kier alpha value is -1.26. The van der Waals surface area contributed by atoms with Crippen LogP contribution in [-0.2, 0) is 4.79 Å². The van der Waals surface area contributed by atoms with Crippen LogP contribution in [0.25, 0.3) is 0 Å². The van der Waals surface area contributed by atoms with E-state index in [9.17, 15) is 9.90 Å². The second-order valence-electron chi connectivity index (χ2n) is 4.72. The minimum Gasteiger partial charge on any atom is -0.508 e. The number of benzene rings is 1. The highest BCUT2D eigenvalue weighted by molar-refractivity contribution is 5.98. The maximum atomic E-state index is 12.1. The van der Waals surface area contributed by atoms with Crippen molar-refractivity contribution in [3.05, 3.63) is 24.3 Å². The van der Waals surface area contributed by atoms with Crippen LogP contribution < -0.4 is 11.1 Å². The number of carbonyl (C=O) groups is 1. The zero-order chi connectivity index (χ0) is 12.3. The zero-order valence-corrected chi connectivity index (χ0v) is 11.0. The smallest absolute Gasteiger partial charge is 0.244 e. The Balaban J connectivity index is 0.00000162. The van der Waals surface area contributed by atoms with Gasteiger partial charge in [-0.3, -0.25) is 4.79 Å². The highest BCUT2D eigenvalue weighted by atomic mass is 35.5. The van der Waals surface area contributed by atoms with Crippen LogP contribution in [0.2, 0.25) is 0 Å². The summed E-state index contributed by atoms with van der Waals surface area (Å²) in [7, 11) is 0. The van der Waals surface area contributed by atoms with Gasteiger partial charge < -0.3 is 16.2 Å². The van der Waals surface area contributed by atoms with Crippen molar-refractivity contribution in [3.8, 4) is 5.75 Å². The van der Waals surface area contributed by atoms with Gasteiger partial charge in [-0.05, 0) is 25.0 Å². The van der Waals surface area contributed by atoms with Crippen LogP contribution in [0.4, 0.5) is 5.69 Å². The minimum atomic E-state index is -0.746. The van der Waals surface area contributed by atoms with Gasteiger partial charge in [0.1, 0.15) is 5.75 Å². The fourth-order valence-corrected chi connectivity index (χ4v) is 2.25. The highest BCUT2D eigenvalue weighted by Gasteiger charge is 2.35. The molecule has 4 nitrogen and oxygen atoms in total. The number of amides is 1. The van der Waals surface area contributed by atoms with Crippen LogP contribution >= 0.6 is 12.4 Å². The molecule has 0 bridgehead atoms. The van der Waals surface area contributed by atoms with Crippen molar-refractivity contribution in [1.82, 2.24) is 0 Å². The largest absolute Gasteiger partial charge is 0.508 e. The van der Waals surface area contributed by atoms with E-state index in [4.69, 9.17) is 5.73 Å². The van der Waals surface area contributed by atoms with Crippen LogP contribution in [0.15, 0.2) is 24.3 Å². The summed E-state index contributed by atoms with van der Waals surface area (Å²) in [6.07, 6.45) is 4.63. The first kappa shape index (κ1) is 14.8. The molecule has 18 heavy (non-hydrogen) atoms. The molecule has 1 amide bonds. The van der Waals surface area contributed by atoms with E-state index in [-0.39, 0.29) is 24.1 Å². The van der Waals surface area contributed by atoms with E-state index in [1.54, 1.807) is 18.2 Å². The van der Waals surface area contributed by atoms with Crippen molar-refractivity contribution in [2.45, 2.75) is 37.6 Å². The minimum absolute atomic E-state index is 0. The van der Waals surface area contributed by atoms with Crippen molar-refractivity contribution in [1.29, 1.82) is 0 Å². The quantitative estimate of drug-likeness (QED) is 0.772. The van der Waals surface area contributed by atoms with E-state index >= 15 is 0 Å². The maximum absolute atomic E-state index is 12.1. The third-order valence-corrected chi connectivity index (χ3v) is 3.30. The number of aromatic hydroxyl groups is 1. The Morgan fingerprint density at radius 2 is 1.94 bits per heavy atom. The van der Waals surface area contributed by atoms with Gasteiger partial charge in [0.05, 0.1) is 5.54 Å². The Bertz CT molecular complexity index is 417. The fraction of sp³-hybridized carbons (Fsp3) is 0.462. The molecule has 0 unspecified atom stereocenters. The number of hydrogen-bond donors (Lipinski definition) is 3. The molecule has 1 aromatic rings. The lowest BCUT2D eigenvalue weighted by atomic mass is 9.82. The SMILES string of the molecule is Cl.NC1(C(=O)Nc2cccc(O)c2)CCCCC1. The zero-order valence-electron chi connectivity index (χ0n) is 10.2. The third kappa shape index (κ3) is 3.37. The standard InChI is InChI=1S/C13H18N2O2.ClH/c14-13(7-2-1-3-8-13)12(17)15-10-5-4-6-11(16)9-10;/h4-6,9,16H,1-3,7-8,14H2,(H,15,17);1H. The van der Waals surface area contributed by atoms with Gasteiger partial charge in [-0.15, -0.1) is 12.4 Å². The van der Waals surface area contributed by atoms with Crippen LogP contribution in [-0.4, -0.2) is 16.6 Å². The van der Waals surface area contributed by atoms with Gasteiger partial charge >= 0.3 is 0 Å². The van der Waals surface area contributed by atoms with E-state index in [0.29, 0.717) is 5.69 Å². The van der Waals surface area contributed by atoms with Crippen LogP contribution in [0.1, 0.15) is 32.1 Å². The van der Waals surface area contributed by atoms with E-state index in [0.717, 1.165) is 32.1 Å². The molecule has 0 aromatic heterocycles. The van der Waals surface area contributed by atoms with Gasteiger partial charge in [0.15, 0.2) is 0 Å². The normalized spacial score (nSPS) is 17.6. The third-order valence-electron chi connectivity index (χ3n) is 3.30. The monoisotopic (exact) mass is 270 g/mol. The second kappa shape index (κ2) is 6.07. The summed E-state index contributed by atoms with van der Waals surface area (Å²) in [6, 6.07) is 6.51. The number of nitrogens with two attached hydrogens (primary N) is 1. The number of anilines is 1. The van der Waals surface area contributed by atoms with Gasteiger partial charge in [-0.2, -0.15) is 0 Å². The number of phenolic OH excluding ortho intramolecular Hbond substituents is 1. The predicted octanol–water partition coefficient (Wildman–Crippen LogP) is 2.41. The van der Waals surface area contributed by atoms with E-state index in [1.807, 2.05) is 0 Å². The summed E-state index contributed by atoms with van der Waals surface area (Å²) in [5.74, 6) is -0.0136. The molecule has 1 aliphatic rings. The number of hydrogen-bond acceptors (Lipinski definition) is 3. The molecule has 100 valence electrons. The molecule has 0 aliphatic heterocycles. The molecule has 5 heteroatoms. The molecule has 1 aromatic carbocycles. The van der Waals surface area contributed by atoms with Crippen LogP contribution in [0.3, 0.4) is 0 Å². The van der Waals surface area contributed by atoms with Crippen LogP contribution in [0, 0.1) is 0 Å². The lowest BCUT2D eigenvalue weighted by Crippen LogP contribution is -2.52. The van der Waals surface area contributed by atoms with Crippen molar-refractivity contribution >= 4 is 24.0 Å².